The summed E-state index contributed by atoms with van der Waals surface area (Å²) < 4.78 is 0. The highest BCUT2D eigenvalue weighted by Gasteiger charge is 2.40. The van der Waals surface area contributed by atoms with Crippen LogP contribution in [0.25, 0.3) is 0 Å². The van der Waals surface area contributed by atoms with E-state index in [0.29, 0.717) is 24.4 Å². The Kier molecular flexibility index (Phi) is 2.32. The highest BCUT2D eigenvalue weighted by atomic mass is 15.7. The van der Waals surface area contributed by atoms with Crippen molar-refractivity contribution in [1.29, 1.82) is 0 Å². The maximum absolute atomic E-state index is 3.54. The molecule has 2 aliphatic rings. The molecule has 13 heavy (non-hydrogen) atoms. The van der Waals surface area contributed by atoms with Gasteiger partial charge in [-0.05, 0) is 26.8 Å². The smallest absolute Gasteiger partial charge is 0.0801 e. The van der Waals surface area contributed by atoms with Crippen LogP contribution in [-0.2, 0) is 0 Å². The average Bonchev–Trinajstić information content (AvgIpc) is 2.44. The van der Waals surface area contributed by atoms with Crippen LogP contribution in [0.3, 0.4) is 0 Å². The zero-order valence-electron chi connectivity index (χ0n) is 8.91. The molecule has 4 atom stereocenters. The summed E-state index contributed by atoms with van der Waals surface area (Å²) in [6, 6.07) is 0. The van der Waals surface area contributed by atoms with Crippen LogP contribution in [0, 0.1) is 5.92 Å². The van der Waals surface area contributed by atoms with Crippen LogP contribution in [0.4, 0.5) is 0 Å². The molecule has 76 valence electrons. The van der Waals surface area contributed by atoms with Crippen molar-refractivity contribution in [1.82, 2.24) is 20.7 Å². The van der Waals surface area contributed by atoms with Crippen molar-refractivity contribution in [2.45, 2.75) is 39.3 Å². The molecule has 0 bridgehead atoms. The van der Waals surface area contributed by atoms with Crippen LogP contribution in [0.15, 0.2) is 0 Å². The monoisotopic (exact) mass is 184 g/mol. The third kappa shape index (κ3) is 1.48. The highest BCUT2D eigenvalue weighted by molar-refractivity contribution is 4.89. The van der Waals surface area contributed by atoms with Gasteiger partial charge in [-0.2, -0.15) is 0 Å². The van der Waals surface area contributed by atoms with Gasteiger partial charge in [0.2, 0.25) is 0 Å². The fraction of sp³-hybridized carbons (Fsp3) is 1.00. The standard InChI is InChI=1S/C9H20N4/c1-6-5-12(4)8(3)13-9(6)10-7(2)11-13/h6-11H,5H2,1-4H3. The zero-order chi connectivity index (χ0) is 9.59. The largest absolute Gasteiger partial charge is 0.290 e. The van der Waals surface area contributed by atoms with E-state index in [0.717, 1.165) is 0 Å². The number of nitrogens with one attached hydrogen (secondary N) is 2. The Hall–Kier alpha value is -0.160. The zero-order valence-corrected chi connectivity index (χ0v) is 8.91. The summed E-state index contributed by atoms with van der Waals surface area (Å²) in [5, 5.41) is 5.88. The summed E-state index contributed by atoms with van der Waals surface area (Å²) in [6.07, 6.45) is 1.39. The van der Waals surface area contributed by atoms with Crippen molar-refractivity contribution in [3.05, 3.63) is 0 Å². The quantitative estimate of drug-likeness (QED) is 0.554. The molecule has 0 aromatic heterocycles. The van der Waals surface area contributed by atoms with Crippen molar-refractivity contribution in [3.63, 3.8) is 0 Å². The lowest BCUT2D eigenvalue weighted by molar-refractivity contribution is -0.0490. The predicted molar refractivity (Wildman–Crippen MR) is 52.6 cm³/mol. The fourth-order valence-electron chi connectivity index (χ4n) is 2.38. The summed E-state index contributed by atoms with van der Waals surface area (Å²) in [7, 11) is 2.18. The lowest BCUT2D eigenvalue weighted by atomic mass is 10.0. The second kappa shape index (κ2) is 3.20. The molecule has 0 aromatic carbocycles. The fourth-order valence-corrected chi connectivity index (χ4v) is 2.38. The van der Waals surface area contributed by atoms with Crippen molar-refractivity contribution in [3.8, 4) is 0 Å². The van der Waals surface area contributed by atoms with Gasteiger partial charge in [0.05, 0.1) is 18.5 Å². The van der Waals surface area contributed by atoms with E-state index in [1.54, 1.807) is 0 Å². The van der Waals surface area contributed by atoms with Gasteiger partial charge >= 0.3 is 0 Å². The molecular weight excluding hydrogens is 164 g/mol. The first-order valence-corrected chi connectivity index (χ1v) is 5.10. The molecule has 0 aliphatic carbocycles. The number of hydrogen-bond donors (Lipinski definition) is 2. The maximum Gasteiger partial charge on any atom is 0.0801 e. The van der Waals surface area contributed by atoms with Crippen molar-refractivity contribution < 1.29 is 0 Å². The van der Waals surface area contributed by atoms with E-state index in [1.165, 1.54) is 6.54 Å². The second-order valence-electron chi connectivity index (χ2n) is 4.42. The van der Waals surface area contributed by atoms with E-state index >= 15 is 0 Å². The summed E-state index contributed by atoms with van der Waals surface area (Å²) >= 11 is 0. The van der Waals surface area contributed by atoms with Crippen LogP contribution in [-0.4, -0.2) is 42.0 Å². The minimum absolute atomic E-state index is 0.404. The lowest BCUT2D eigenvalue weighted by Gasteiger charge is -2.44. The molecule has 2 N–H and O–H groups in total. The van der Waals surface area contributed by atoms with E-state index in [4.69, 9.17) is 0 Å². The Morgan fingerprint density at radius 2 is 1.92 bits per heavy atom. The molecule has 2 aliphatic heterocycles. The maximum atomic E-state index is 3.54. The molecule has 4 nitrogen and oxygen atoms in total. The Morgan fingerprint density at radius 1 is 1.23 bits per heavy atom. The van der Waals surface area contributed by atoms with Gasteiger partial charge < -0.3 is 0 Å². The summed E-state index contributed by atoms with van der Waals surface area (Å²) in [5.41, 5.74) is 3.45. The molecule has 0 amide bonds. The molecule has 2 saturated heterocycles. The normalized spacial score (nSPS) is 48.0. The molecule has 0 saturated carbocycles. The second-order valence-corrected chi connectivity index (χ2v) is 4.42. The van der Waals surface area contributed by atoms with E-state index < -0.39 is 0 Å². The van der Waals surface area contributed by atoms with E-state index in [1.807, 2.05) is 0 Å². The van der Waals surface area contributed by atoms with Crippen molar-refractivity contribution >= 4 is 0 Å². The number of hydrogen-bond acceptors (Lipinski definition) is 4. The van der Waals surface area contributed by atoms with Crippen molar-refractivity contribution in [2.24, 2.45) is 5.92 Å². The van der Waals surface area contributed by atoms with Gasteiger partial charge in [0, 0.05) is 6.54 Å². The van der Waals surface area contributed by atoms with Gasteiger partial charge in [0.15, 0.2) is 0 Å². The summed E-state index contributed by atoms with van der Waals surface area (Å²) in [5.74, 6) is 0.679. The Labute approximate surface area is 80.2 Å². The van der Waals surface area contributed by atoms with Crippen molar-refractivity contribution in [2.75, 3.05) is 13.6 Å². The third-order valence-electron chi connectivity index (χ3n) is 3.22. The van der Waals surface area contributed by atoms with Crippen LogP contribution in [0.2, 0.25) is 0 Å². The van der Waals surface area contributed by atoms with Crippen LogP contribution < -0.4 is 10.7 Å². The highest BCUT2D eigenvalue weighted by Crippen LogP contribution is 2.23. The van der Waals surface area contributed by atoms with Gasteiger partial charge in [-0.25, -0.2) is 10.4 Å². The first-order valence-electron chi connectivity index (χ1n) is 5.10. The van der Waals surface area contributed by atoms with Crippen LogP contribution in [0.1, 0.15) is 20.8 Å². The number of hydrazine groups is 1. The molecule has 2 heterocycles. The number of fused-ring (bicyclic) bond motifs is 1. The van der Waals surface area contributed by atoms with Crippen LogP contribution in [0.5, 0.6) is 0 Å². The van der Waals surface area contributed by atoms with E-state index in [-0.39, 0.29) is 0 Å². The molecule has 0 aromatic rings. The Bertz CT molecular complexity index is 196. The predicted octanol–water partition coefficient (Wildman–Crippen LogP) is -0.00420. The molecule has 2 rings (SSSR count). The third-order valence-corrected chi connectivity index (χ3v) is 3.22. The Balaban J connectivity index is 2.13. The Morgan fingerprint density at radius 3 is 2.62 bits per heavy atom. The molecule has 0 spiro atoms. The number of nitrogens with zero attached hydrogens (tertiary/aromatic N) is 2. The number of rotatable bonds is 0. The first kappa shape index (κ1) is 9.40. The van der Waals surface area contributed by atoms with E-state index in [2.05, 4.69) is 48.5 Å². The van der Waals surface area contributed by atoms with E-state index in [9.17, 15) is 0 Å². The van der Waals surface area contributed by atoms with Gasteiger partial charge in [-0.15, -0.1) is 0 Å². The van der Waals surface area contributed by atoms with Gasteiger partial charge in [0.1, 0.15) is 0 Å². The van der Waals surface area contributed by atoms with Gasteiger partial charge in [0.25, 0.3) is 0 Å². The van der Waals surface area contributed by atoms with Crippen LogP contribution >= 0.6 is 0 Å². The lowest BCUT2D eigenvalue weighted by Crippen LogP contribution is -2.61. The topological polar surface area (TPSA) is 30.5 Å². The first-order chi connectivity index (χ1) is 6.09. The van der Waals surface area contributed by atoms with Gasteiger partial charge in [-0.1, -0.05) is 6.92 Å². The molecule has 0 radical (unpaired) electrons. The average molecular weight is 184 g/mol. The molecule has 4 unspecified atom stereocenters. The SMILES string of the molecule is CC1NC2C(C)CN(C)C(C)N2N1. The molecular formula is C9H20N4. The minimum atomic E-state index is 0.404. The molecule has 4 heteroatoms. The minimum Gasteiger partial charge on any atom is -0.290 e. The van der Waals surface area contributed by atoms with Gasteiger partial charge in [-0.3, -0.25) is 10.2 Å². The molecule has 2 fully saturated rings. The summed E-state index contributed by atoms with van der Waals surface area (Å²) in [6.45, 7) is 7.87. The summed E-state index contributed by atoms with van der Waals surface area (Å²) in [4.78, 5) is 2.38.